The Balaban J connectivity index is 0.000000914. The Labute approximate surface area is 204 Å². The Kier molecular flexibility index (Phi) is 10.5. The van der Waals surface area contributed by atoms with Gasteiger partial charge in [0.05, 0.1) is 18.5 Å². The Morgan fingerprint density at radius 1 is 1.12 bits per heavy atom. The van der Waals surface area contributed by atoms with Crippen LogP contribution in [0.4, 0.5) is 17.1 Å². The molecule has 1 aliphatic carbocycles. The SMILES string of the molecule is CC.CC.CN(C)Sc1scc(Nc2c(NCc3cc(C4CCCC4)co3)c(=O)c2=O)c1O. The molecule has 4 rings (SSSR count). The Hall–Kier alpha value is -2.23. The second kappa shape index (κ2) is 12.9. The van der Waals surface area contributed by atoms with Crippen LogP contribution < -0.4 is 21.5 Å². The van der Waals surface area contributed by atoms with Gasteiger partial charge in [-0.2, -0.15) is 0 Å². The number of rotatable bonds is 8. The molecule has 9 heteroatoms. The zero-order valence-electron chi connectivity index (χ0n) is 20.3. The summed E-state index contributed by atoms with van der Waals surface area (Å²) >= 11 is 2.75. The molecule has 3 N–H and O–H groups in total. The van der Waals surface area contributed by atoms with Gasteiger partial charge < -0.3 is 20.2 Å². The second-order valence-electron chi connectivity index (χ2n) is 7.40. The van der Waals surface area contributed by atoms with E-state index in [1.807, 2.05) is 52.2 Å². The van der Waals surface area contributed by atoms with Crippen molar-refractivity contribution in [3.8, 4) is 5.75 Å². The molecule has 7 nitrogen and oxygen atoms in total. The van der Waals surface area contributed by atoms with Crippen LogP contribution in [0.25, 0.3) is 0 Å². The van der Waals surface area contributed by atoms with Gasteiger partial charge in [0.1, 0.15) is 21.3 Å². The van der Waals surface area contributed by atoms with E-state index < -0.39 is 10.9 Å². The van der Waals surface area contributed by atoms with Crippen molar-refractivity contribution in [2.24, 2.45) is 0 Å². The van der Waals surface area contributed by atoms with E-state index in [0.29, 0.717) is 22.4 Å². The fourth-order valence-electron chi connectivity index (χ4n) is 3.61. The van der Waals surface area contributed by atoms with Gasteiger partial charge in [-0.05, 0) is 56.4 Å². The van der Waals surface area contributed by atoms with Crippen LogP contribution in [0.3, 0.4) is 0 Å². The quantitative estimate of drug-likeness (QED) is 0.249. The summed E-state index contributed by atoms with van der Waals surface area (Å²) in [5.41, 5.74) is 0.861. The minimum Gasteiger partial charge on any atom is -0.504 e. The minimum absolute atomic E-state index is 0.0694. The fraction of sp³-hybridized carbons (Fsp3) is 0.500. The van der Waals surface area contributed by atoms with E-state index in [0.717, 1.165) is 5.76 Å². The highest BCUT2D eigenvalue weighted by molar-refractivity contribution is 7.99. The van der Waals surface area contributed by atoms with E-state index in [1.165, 1.54) is 54.5 Å². The van der Waals surface area contributed by atoms with Crippen LogP contribution >= 0.6 is 23.3 Å². The predicted molar refractivity (Wildman–Crippen MR) is 140 cm³/mol. The van der Waals surface area contributed by atoms with Crippen molar-refractivity contribution in [3.05, 3.63) is 49.5 Å². The molecule has 0 saturated heterocycles. The van der Waals surface area contributed by atoms with E-state index in [4.69, 9.17) is 4.42 Å². The Bertz CT molecular complexity index is 1070. The van der Waals surface area contributed by atoms with Crippen molar-refractivity contribution in [2.45, 2.75) is 70.1 Å². The summed E-state index contributed by atoms with van der Waals surface area (Å²) in [4.78, 5) is 24.1. The molecule has 1 aliphatic rings. The molecule has 0 aliphatic heterocycles. The van der Waals surface area contributed by atoms with Gasteiger partial charge in [0, 0.05) is 5.38 Å². The van der Waals surface area contributed by atoms with Gasteiger partial charge >= 0.3 is 0 Å². The van der Waals surface area contributed by atoms with Gasteiger partial charge in [-0.1, -0.05) is 40.5 Å². The highest BCUT2D eigenvalue weighted by Crippen LogP contribution is 2.43. The molecule has 33 heavy (non-hydrogen) atoms. The van der Waals surface area contributed by atoms with E-state index in [-0.39, 0.29) is 17.1 Å². The van der Waals surface area contributed by atoms with Crippen LogP contribution in [0.1, 0.15) is 70.6 Å². The third-order valence-electron chi connectivity index (χ3n) is 5.11. The van der Waals surface area contributed by atoms with Crippen molar-refractivity contribution in [1.29, 1.82) is 0 Å². The number of hydrogen-bond donors (Lipinski definition) is 3. The molecule has 0 amide bonds. The average Bonchev–Trinajstić information content (AvgIpc) is 3.58. The number of nitrogens with zero attached hydrogens (tertiary/aromatic N) is 1. The van der Waals surface area contributed by atoms with Gasteiger partial charge in [-0.3, -0.25) is 13.9 Å². The van der Waals surface area contributed by atoms with Crippen LogP contribution in [0.5, 0.6) is 5.75 Å². The van der Waals surface area contributed by atoms with Gasteiger partial charge in [0.2, 0.25) is 0 Å². The average molecular weight is 494 g/mol. The standard InChI is InChI=1S/C20H23N3O4S2.2C2H6/c1-23(2)29-20-17(24)14(10-28-20)22-16-15(18(25)19(16)26)21-8-13-7-12(9-27-13)11-5-3-4-6-11;2*1-2/h7,9-11,21-22,24H,3-6,8H2,1-2H3;2*1-2H3. The van der Waals surface area contributed by atoms with Gasteiger partial charge in [0.15, 0.2) is 5.75 Å². The summed E-state index contributed by atoms with van der Waals surface area (Å²) in [5.74, 6) is 1.36. The zero-order chi connectivity index (χ0) is 24.5. The zero-order valence-corrected chi connectivity index (χ0v) is 21.9. The summed E-state index contributed by atoms with van der Waals surface area (Å²) in [6.07, 6.45) is 6.69. The van der Waals surface area contributed by atoms with Crippen LogP contribution in [0, 0.1) is 0 Å². The maximum atomic E-state index is 12.0. The summed E-state index contributed by atoms with van der Waals surface area (Å²) in [7, 11) is 3.75. The largest absolute Gasteiger partial charge is 0.504 e. The van der Waals surface area contributed by atoms with E-state index in [9.17, 15) is 14.7 Å². The lowest BCUT2D eigenvalue weighted by molar-refractivity contribution is 0.468. The van der Waals surface area contributed by atoms with E-state index in [2.05, 4.69) is 10.6 Å². The van der Waals surface area contributed by atoms with Crippen molar-refractivity contribution >= 4 is 40.3 Å². The highest BCUT2D eigenvalue weighted by atomic mass is 32.2. The summed E-state index contributed by atoms with van der Waals surface area (Å²) in [6.45, 7) is 8.32. The number of nitrogens with one attached hydrogen (secondary N) is 2. The third kappa shape index (κ3) is 6.43. The van der Waals surface area contributed by atoms with Gasteiger partial charge in [-0.15, -0.1) is 11.3 Å². The van der Waals surface area contributed by atoms with E-state index in [1.54, 1.807) is 11.6 Å². The lowest BCUT2D eigenvalue weighted by Crippen LogP contribution is -2.36. The van der Waals surface area contributed by atoms with E-state index >= 15 is 0 Å². The molecule has 182 valence electrons. The minimum atomic E-state index is -0.592. The normalized spacial score (nSPS) is 13.4. The molecule has 2 aromatic heterocycles. The molecule has 3 aromatic rings. The van der Waals surface area contributed by atoms with Gasteiger partial charge in [-0.25, -0.2) is 0 Å². The molecule has 0 unspecified atom stereocenters. The fourth-order valence-corrected chi connectivity index (χ4v) is 5.52. The van der Waals surface area contributed by atoms with Crippen molar-refractivity contribution in [2.75, 3.05) is 24.7 Å². The van der Waals surface area contributed by atoms with Crippen LogP contribution in [0.2, 0.25) is 0 Å². The smallest absolute Gasteiger partial charge is 0.253 e. The molecule has 0 radical (unpaired) electrons. The predicted octanol–water partition coefficient (Wildman–Crippen LogP) is 6.28. The summed E-state index contributed by atoms with van der Waals surface area (Å²) in [5, 5.41) is 18.0. The topological polar surface area (TPSA) is 94.8 Å². The number of furan rings is 1. The van der Waals surface area contributed by atoms with Crippen molar-refractivity contribution in [3.63, 3.8) is 0 Å². The molecular weight excluding hydrogens is 458 g/mol. The number of thiophene rings is 1. The second-order valence-corrected chi connectivity index (χ2v) is 9.86. The number of aromatic hydroxyl groups is 1. The molecule has 1 aromatic carbocycles. The first-order valence-electron chi connectivity index (χ1n) is 11.5. The first-order chi connectivity index (χ1) is 15.9. The van der Waals surface area contributed by atoms with Crippen molar-refractivity contribution < 1.29 is 9.52 Å². The first kappa shape index (κ1) is 27.0. The maximum absolute atomic E-state index is 12.0. The molecule has 1 fully saturated rings. The number of anilines is 3. The first-order valence-corrected chi connectivity index (χ1v) is 13.2. The molecular formula is C24H35N3O4S2. The number of hydrogen-bond acceptors (Lipinski definition) is 9. The van der Waals surface area contributed by atoms with Crippen LogP contribution in [-0.2, 0) is 6.54 Å². The molecule has 0 spiro atoms. The highest BCUT2D eigenvalue weighted by Gasteiger charge is 2.24. The monoisotopic (exact) mass is 493 g/mol. The summed E-state index contributed by atoms with van der Waals surface area (Å²) in [6, 6.07) is 2.02. The molecule has 0 bridgehead atoms. The van der Waals surface area contributed by atoms with Crippen LogP contribution in [-0.4, -0.2) is 23.5 Å². The lowest BCUT2D eigenvalue weighted by atomic mass is 10.0. The van der Waals surface area contributed by atoms with Crippen molar-refractivity contribution in [1.82, 2.24) is 4.31 Å². The molecule has 2 heterocycles. The molecule has 1 saturated carbocycles. The Morgan fingerprint density at radius 3 is 2.39 bits per heavy atom. The lowest BCUT2D eigenvalue weighted by Gasteiger charge is -2.14. The maximum Gasteiger partial charge on any atom is 0.253 e. The third-order valence-corrected chi connectivity index (χ3v) is 7.11. The Morgan fingerprint density at radius 2 is 1.76 bits per heavy atom. The van der Waals surface area contributed by atoms with Crippen LogP contribution in [0.15, 0.2) is 35.9 Å². The summed E-state index contributed by atoms with van der Waals surface area (Å²) < 4.78 is 8.20. The molecule has 0 atom stereocenters. The van der Waals surface area contributed by atoms with Gasteiger partial charge in [0.25, 0.3) is 10.9 Å².